The number of rotatable bonds is 6. The molecule has 1 amide bonds. The van der Waals surface area contributed by atoms with Gasteiger partial charge in [0, 0.05) is 25.5 Å². The molecule has 24 heavy (non-hydrogen) atoms. The van der Waals surface area contributed by atoms with Gasteiger partial charge >= 0.3 is 0 Å². The van der Waals surface area contributed by atoms with Crippen molar-refractivity contribution >= 4 is 21.4 Å². The molecule has 0 aliphatic rings. The van der Waals surface area contributed by atoms with E-state index in [0.29, 0.717) is 12.2 Å². The number of nitrogens with zero attached hydrogens (tertiary/aromatic N) is 1. The highest BCUT2D eigenvalue weighted by atomic mass is 32.2. The predicted octanol–water partition coefficient (Wildman–Crippen LogP) is 2.47. The molecule has 2 aromatic carbocycles. The summed E-state index contributed by atoms with van der Waals surface area (Å²) >= 11 is 0. The van der Waals surface area contributed by atoms with Gasteiger partial charge in [0.05, 0.1) is 11.4 Å². The number of carbonyl (C=O) groups excluding carboxylic acids is 1. The van der Waals surface area contributed by atoms with E-state index in [1.165, 1.54) is 12.1 Å². The molecule has 128 valence electrons. The first-order valence-electron chi connectivity index (χ1n) is 7.60. The van der Waals surface area contributed by atoms with Crippen LogP contribution < -0.4 is 5.32 Å². The van der Waals surface area contributed by atoms with Crippen LogP contribution in [0.3, 0.4) is 0 Å². The molecular weight excluding hydrogens is 324 g/mol. The van der Waals surface area contributed by atoms with Crippen molar-refractivity contribution in [3.63, 3.8) is 0 Å². The molecule has 0 unspecified atom stereocenters. The summed E-state index contributed by atoms with van der Waals surface area (Å²) < 4.78 is 23.1. The molecule has 0 aromatic heterocycles. The zero-order valence-electron chi connectivity index (χ0n) is 14.1. The number of carbonyl (C=O) groups is 1. The minimum absolute atomic E-state index is 0.0667. The topological polar surface area (TPSA) is 66.5 Å². The van der Waals surface area contributed by atoms with Gasteiger partial charge in [0.1, 0.15) is 0 Å². The van der Waals surface area contributed by atoms with E-state index in [1.54, 1.807) is 24.1 Å². The smallest absolute Gasteiger partial charge is 0.241 e. The van der Waals surface area contributed by atoms with Gasteiger partial charge in [-0.2, -0.15) is 0 Å². The van der Waals surface area contributed by atoms with Gasteiger partial charge in [-0.25, -0.2) is 8.42 Å². The average Bonchev–Trinajstić information content (AvgIpc) is 2.54. The van der Waals surface area contributed by atoms with Crippen molar-refractivity contribution in [2.75, 3.05) is 25.2 Å². The van der Waals surface area contributed by atoms with E-state index in [4.69, 9.17) is 0 Å². The number of likely N-dealkylation sites (N-methyl/N-ethyl adjacent to an activating group) is 1. The molecule has 5 nitrogen and oxygen atoms in total. The maximum absolute atomic E-state index is 12.3. The van der Waals surface area contributed by atoms with E-state index < -0.39 is 9.84 Å². The molecule has 2 aromatic rings. The van der Waals surface area contributed by atoms with Gasteiger partial charge in [-0.1, -0.05) is 30.3 Å². The molecule has 0 aliphatic heterocycles. The third kappa shape index (κ3) is 4.83. The number of nitrogens with one attached hydrogen (secondary N) is 1. The van der Waals surface area contributed by atoms with Gasteiger partial charge in [0.2, 0.25) is 5.91 Å². The number of aryl methyl sites for hydroxylation is 1. The van der Waals surface area contributed by atoms with Crippen LogP contribution in [-0.4, -0.2) is 39.1 Å². The highest BCUT2D eigenvalue weighted by molar-refractivity contribution is 7.90. The van der Waals surface area contributed by atoms with Crippen LogP contribution in [0, 0.1) is 6.92 Å². The number of benzene rings is 2. The molecule has 2 rings (SSSR count). The lowest BCUT2D eigenvalue weighted by molar-refractivity contribution is -0.128. The summed E-state index contributed by atoms with van der Waals surface area (Å²) in [6.45, 7) is 2.66. The summed E-state index contributed by atoms with van der Waals surface area (Å²) in [6, 6.07) is 14.4. The molecule has 0 radical (unpaired) electrons. The summed E-state index contributed by atoms with van der Waals surface area (Å²) in [7, 11) is -1.51. The Balaban J connectivity index is 1.97. The maximum atomic E-state index is 12.3. The standard InChI is InChI=1S/C18H22N2O3S/c1-14-7-4-5-8-15(14)13-20(2)18(21)12-19-16-9-6-10-17(11-16)24(3,22)23/h4-11,19H,12-13H2,1-3H3. The van der Waals surface area contributed by atoms with Gasteiger partial charge in [0.25, 0.3) is 0 Å². The summed E-state index contributed by atoms with van der Waals surface area (Å²) in [5, 5.41) is 2.98. The fourth-order valence-corrected chi connectivity index (χ4v) is 2.95. The quantitative estimate of drug-likeness (QED) is 0.872. The van der Waals surface area contributed by atoms with Crippen LogP contribution in [0.4, 0.5) is 5.69 Å². The Bertz CT molecular complexity index is 832. The van der Waals surface area contributed by atoms with E-state index in [-0.39, 0.29) is 17.3 Å². The maximum Gasteiger partial charge on any atom is 0.241 e. The normalized spacial score (nSPS) is 11.1. The molecule has 0 atom stereocenters. The summed E-state index contributed by atoms with van der Waals surface area (Å²) in [5.41, 5.74) is 2.86. The number of sulfone groups is 1. The Morgan fingerprint density at radius 2 is 1.83 bits per heavy atom. The highest BCUT2D eigenvalue weighted by Crippen LogP contribution is 2.15. The van der Waals surface area contributed by atoms with Gasteiger partial charge < -0.3 is 10.2 Å². The van der Waals surface area contributed by atoms with Crippen LogP contribution >= 0.6 is 0 Å². The van der Waals surface area contributed by atoms with Crippen LogP contribution in [0.15, 0.2) is 53.4 Å². The first kappa shape index (κ1) is 18.0. The minimum Gasteiger partial charge on any atom is -0.376 e. The van der Waals surface area contributed by atoms with Crippen LogP contribution in [0.25, 0.3) is 0 Å². The number of hydrogen-bond acceptors (Lipinski definition) is 4. The van der Waals surface area contributed by atoms with Gasteiger partial charge in [0.15, 0.2) is 9.84 Å². The zero-order valence-corrected chi connectivity index (χ0v) is 14.9. The number of hydrogen-bond donors (Lipinski definition) is 1. The lowest BCUT2D eigenvalue weighted by Gasteiger charge is -2.19. The molecule has 6 heteroatoms. The highest BCUT2D eigenvalue weighted by Gasteiger charge is 2.11. The third-order valence-corrected chi connectivity index (χ3v) is 4.91. The second-order valence-electron chi connectivity index (χ2n) is 5.83. The fraction of sp³-hybridized carbons (Fsp3) is 0.278. The first-order valence-corrected chi connectivity index (χ1v) is 9.49. The van der Waals surface area contributed by atoms with Crippen molar-refractivity contribution in [1.82, 2.24) is 4.90 Å². The Kier molecular flexibility index (Phi) is 5.62. The number of anilines is 1. The molecule has 0 bridgehead atoms. The number of amides is 1. The van der Waals surface area contributed by atoms with Crippen LogP contribution in [0.1, 0.15) is 11.1 Å². The first-order chi connectivity index (χ1) is 11.3. The Hall–Kier alpha value is -2.34. The second-order valence-corrected chi connectivity index (χ2v) is 7.85. The molecule has 0 aliphatic carbocycles. The molecular formula is C18H22N2O3S. The zero-order chi connectivity index (χ0) is 17.7. The molecule has 0 saturated heterocycles. The van der Waals surface area contributed by atoms with Crippen LogP contribution in [-0.2, 0) is 21.2 Å². The van der Waals surface area contributed by atoms with E-state index in [9.17, 15) is 13.2 Å². The van der Waals surface area contributed by atoms with Gasteiger partial charge in [-0.3, -0.25) is 4.79 Å². The fourth-order valence-electron chi connectivity index (χ4n) is 2.28. The van der Waals surface area contributed by atoms with Crippen molar-refractivity contribution in [3.05, 3.63) is 59.7 Å². The van der Waals surface area contributed by atoms with E-state index in [0.717, 1.165) is 17.4 Å². The van der Waals surface area contributed by atoms with Gasteiger partial charge in [-0.05, 0) is 36.2 Å². The van der Waals surface area contributed by atoms with Crippen molar-refractivity contribution < 1.29 is 13.2 Å². The lowest BCUT2D eigenvalue weighted by atomic mass is 10.1. The molecule has 0 heterocycles. The largest absolute Gasteiger partial charge is 0.376 e. The van der Waals surface area contributed by atoms with Crippen LogP contribution in [0.5, 0.6) is 0 Å². The van der Waals surface area contributed by atoms with Crippen molar-refractivity contribution in [2.24, 2.45) is 0 Å². The van der Waals surface area contributed by atoms with Gasteiger partial charge in [-0.15, -0.1) is 0 Å². The minimum atomic E-state index is -3.26. The SMILES string of the molecule is Cc1ccccc1CN(C)C(=O)CNc1cccc(S(C)(=O)=O)c1. The molecule has 0 spiro atoms. The Labute approximate surface area is 143 Å². The van der Waals surface area contributed by atoms with E-state index >= 15 is 0 Å². The predicted molar refractivity (Wildman–Crippen MR) is 95.7 cm³/mol. The molecule has 0 fully saturated rings. The Morgan fingerprint density at radius 3 is 2.50 bits per heavy atom. The Morgan fingerprint density at radius 1 is 1.12 bits per heavy atom. The van der Waals surface area contributed by atoms with Crippen molar-refractivity contribution in [2.45, 2.75) is 18.4 Å². The summed E-state index contributed by atoms with van der Waals surface area (Å²) in [5.74, 6) is -0.0667. The average molecular weight is 346 g/mol. The van der Waals surface area contributed by atoms with Crippen molar-refractivity contribution in [1.29, 1.82) is 0 Å². The van der Waals surface area contributed by atoms with Crippen LogP contribution in [0.2, 0.25) is 0 Å². The molecule has 1 N–H and O–H groups in total. The van der Waals surface area contributed by atoms with E-state index in [2.05, 4.69) is 5.32 Å². The van der Waals surface area contributed by atoms with E-state index in [1.807, 2.05) is 31.2 Å². The third-order valence-electron chi connectivity index (χ3n) is 3.80. The molecule has 0 saturated carbocycles. The summed E-state index contributed by atoms with van der Waals surface area (Å²) in [4.78, 5) is 14.1. The van der Waals surface area contributed by atoms with Crippen molar-refractivity contribution in [3.8, 4) is 0 Å². The second kappa shape index (κ2) is 7.49. The summed E-state index contributed by atoms with van der Waals surface area (Å²) in [6.07, 6.45) is 1.16. The lowest BCUT2D eigenvalue weighted by Crippen LogP contribution is -2.32. The monoisotopic (exact) mass is 346 g/mol.